The molecule has 0 N–H and O–H groups in total. The van der Waals surface area contributed by atoms with Crippen molar-refractivity contribution in [1.82, 2.24) is 23.9 Å². The van der Waals surface area contributed by atoms with E-state index >= 15 is 0 Å². The largest absolute Gasteiger partial charge is 2.00 e. The van der Waals surface area contributed by atoms with Crippen LogP contribution in [0.1, 0.15) is 31.9 Å². The number of pyridine rings is 3. The summed E-state index contributed by atoms with van der Waals surface area (Å²) >= 11 is 0. The quantitative estimate of drug-likeness (QED) is 0.131. The molecule has 9 aromatic rings. The molecule has 240 valence electrons. The van der Waals surface area contributed by atoms with E-state index in [-0.39, 0.29) is 26.5 Å². The number of benzene rings is 4. The standard InChI is InChI=1S/C42H31N5O.Pt/c1-26-10-5-6-11-30(26)36-25-46-40-34(13-9-20-44-40)31-17-15-28(23-35(31)41(46)45-36)48-29-16-18-33-32-12-7-8-14-37(32)47(38(33)24-29)39-22-27(19-21-43-39)42(2,3)4;/h5-22,25H,1-4H3;/q-2;+2. The van der Waals surface area contributed by atoms with Gasteiger partial charge in [-0.3, -0.25) is 4.98 Å². The van der Waals surface area contributed by atoms with Gasteiger partial charge in [0.05, 0.1) is 11.3 Å². The molecule has 0 amide bonds. The first-order valence-corrected chi connectivity index (χ1v) is 16.1. The van der Waals surface area contributed by atoms with Gasteiger partial charge >= 0.3 is 21.1 Å². The van der Waals surface area contributed by atoms with Gasteiger partial charge in [-0.15, -0.1) is 29.7 Å². The normalized spacial score (nSPS) is 11.9. The summed E-state index contributed by atoms with van der Waals surface area (Å²) in [5.74, 6) is 2.03. The molecule has 0 atom stereocenters. The number of hydrogen-bond acceptors (Lipinski definition) is 4. The third kappa shape index (κ3) is 5.10. The molecule has 0 aliphatic heterocycles. The second-order valence-electron chi connectivity index (χ2n) is 13.3. The monoisotopic (exact) mass is 816 g/mol. The molecule has 7 heteroatoms. The van der Waals surface area contributed by atoms with Gasteiger partial charge in [0.15, 0.2) is 0 Å². The van der Waals surface area contributed by atoms with E-state index in [4.69, 9.17) is 19.7 Å². The van der Waals surface area contributed by atoms with E-state index in [1.807, 2.05) is 42.7 Å². The summed E-state index contributed by atoms with van der Waals surface area (Å²) < 4.78 is 10.8. The van der Waals surface area contributed by atoms with Gasteiger partial charge in [-0.1, -0.05) is 91.7 Å². The molecule has 0 bridgehead atoms. The molecule has 0 aliphatic carbocycles. The summed E-state index contributed by atoms with van der Waals surface area (Å²) in [4.78, 5) is 14.7. The maximum absolute atomic E-state index is 6.53. The zero-order valence-electron chi connectivity index (χ0n) is 27.4. The third-order valence-corrected chi connectivity index (χ3v) is 9.19. The van der Waals surface area contributed by atoms with Gasteiger partial charge in [0.25, 0.3) is 0 Å². The van der Waals surface area contributed by atoms with Crippen LogP contribution in [0.3, 0.4) is 0 Å². The van der Waals surface area contributed by atoms with E-state index in [2.05, 4.69) is 122 Å². The SMILES string of the molecule is Cc1ccccc1-c1cn2c(n1)c1[c-]c(Oc3[c-]c4c(cc3)c3ccccc3n4-c3cc(C(C)(C)C)ccn3)ccc1c1cccnc12.[Pt+2]. The molecule has 5 aromatic heterocycles. The van der Waals surface area contributed by atoms with Gasteiger partial charge in [0.1, 0.15) is 11.5 Å². The fourth-order valence-electron chi connectivity index (χ4n) is 6.74. The summed E-state index contributed by atoms with van der Waals surface area (Å²) in [5.41, 5.74) is 7.97. The fourth-order valence-corrected chi connectivity index (χ4v) is 6.74. The van der Waals surface area contributed by atoms with Crippen LogP contribution in [0.4, 0.5) is 0 Å². The Balaban J connectivity index is 0.00000348. The minimum absolute atomic E-state index is 0. The van der Waals surface area contributed by atoms with Crippen molar-refractivity contribution in [3.8, 4) is 28.6 Å². The molecule has 4 aromatic carbocycles. The van der Waals surface area contributed by atoms with Gasteiger partial charge in [0.2, 0.25) is 0 Å². The van der Waals surface area contributed by atoms with E-state index in [0.717, 1.165) is 66.3 Å². The summed E-state index contributed by atoms with van der Waals surface area (Å²) in [6, 6.07) is 40.3. The molecule has 9 rings (SSSR count). The van der Waals surface area contributed by atoms with Crippen LogP contribution in [0.5, 0.6) is 11.5 Å². The molecule has 0 spiro atoms. The number of imidazole rings is 1. The van der Waals surface area contributed by atoms with Crippen LogP contribution < -0.4 is 4.74 Å². The van der Waals surface area contributed by atoms with Crippen LogP contribution in [0, 0.1) is 19.1 Å². The van der Waals surface area contributed by atoms with E-state index < -0.39 is 0 Å². The molecule has 49 heavy (non-hydrogen) atoms. The molecule has 0 saturated heterocycles. The molecule has 0 radical (unpaired) electrons. The first-order chi connectivity index (χ1) is 23.3. The molecule has 5 heterocycles. The van der Waals surface area contributed by atoms with Crippen LogP contribution in [0.25, 0.3) is 66.3 Å². The first-order valence-electron chi connectivity index (χ1n) is 16.1. The second-order valence-corrected chi connectivity index (χ2v) is 13.3. The minimum Gasteiger partial charge on any atom is -0.503 e. The number of aryl methyl sites for hydroxylation is 1. The third-order valence-electron chi connectivity index (χ3n) is 9.19. The van der Waals surface area contributed by atoms with Crippen LogP contribution >= 0.6 is 0 Å². The fraction of sp³-hybridized carbons (Fsp3) is 0.119. The molecule has 0 unspecified atom stereocenters. The van der Waals surface area contributed by atoms with Crippen molar-refractivity contribution >= 4 is 49.3 Å². The predicted octanol–water partition coefficient (Wildman–Crippen LogP) is 10.2. The van der Waals surface area contributed by atoms with Crippen LogP contribution in [-0.2, 0) is 26.5 Å². The summed E-state index contributed by atoms with van der Waals surface area (Å²) in [5, 5.41) is 5.14. The maximum atomic E-state index is 6.53. The van der Waals surface area contributed by atoms with Crippen molar-refractivity contribution in [2.75, 3.05) is 0 Å². The zero-order chi connectivity index (χ0) is 32.6. The number of rotatable bonds is 4. The Labute approximate surface area is 298 Å². The van der Waals surface area contributed by atoms with Crippen molar-refractivity contribution < 1.29 is 25.8 Å². The Hall–Kier alpha value is -5.32. The van der Waals surface area contributed by atoms with Crippen molar-refractivity contribution in [1.29, 1.82) is 0 Å². The summed E-state index contributed by atoms with van der Waals surface area (Å²) in [6.45, 7) is 8.76. The number of nitrogens with zero attached hydrogens (tertiary/aromatic N) is 5. The van der Waals surface area contributed by atoms with E-state index in [1.54, 1.807) is 0 Å². The Morgan fingerprint density at radius 1 is 0.694 bits per heavy atom. The van der Waals surface area contributed by atoms with Crippen LogP contribution in [0.2, 0.25) is 0 Å². The smallest absolute Gasteiger partial charge is 0.503 e. The second kappa shape index (κ2) is 11.7. The van der Waals surface area contributed by atoms with Gasteiger partial charge in [-0.2, -0.15) is 6.07 Å². The van der Waals surface area contributed by atoms with Gasteiger partial charge < -0.3 is 13.7 Å². The molecular formula is C42H31N5OPt. The average molecular weight is 817 g/mol. The van der Waals surface area contributed by atoms with E-state index in [0.29, 0.717) is 11.5 Å². The Kier molecular flexibility index (Phi) is 7.38. The minimum atomic E-state index is -0.0112. The molecule has 0 aliphatic rings. The first kappa shape index (κ1) is 31.0. The molecule has 6 nitrogen and oxygen atoms in total. The average Bonchev–Trinajstić information content (AvgIpc) is 3.68. The van der Waals surface area contributed by atoms with E-state index in [9.17, 15) is 0 Å². The Morgan fingerprint density at radius 3 is 2.29 bits per heavy atom. The van der Waals surface area contributed by atoms with Crippen molar-refractivity contribution in [2.24, 2.45) is 0 Å². The van der Waals surface area contributed by atoms with Crippen molar-refractivity contribution in [2.45, 2.75) is 33.1 Å². The molecule has 0 fully saturated rings. The molecular weight excluding hydrogens is 786 g/mol. The summed E-state index contributed by atoms with van der Waals surface area (Å²) in [6.07, 6.45) is 5.78. The zero-order valence-corrected chi connectivity index (χ0v) is 29.7. The maximum Gasteiger partial charge on any atom is 2.00 e. The van der Waals surface area contributed by atoms with E-state index in [1.165, 1.54) is 11.1 Å². The van der Waals surface area contributed by atoms with Crippen LogP contribution in [-0.4, -0.2) is 23.9 Å². The van der Waals surface area contributed by atoms with Crippen molar-refractivity contribution in [3.63, 3.8) is 0 Å². The van der Waals surface area contributed by atoms with Crippen molar-refractivity contribution in [3.05, 3.63) is 139 Å². The molecule has 0 saturated carbocycles. The van der Waals surface area contributed by atoms with Gasteiger partial charge in [-0.05, 0) is 58.5 Å². The Bertz CT molecular complexity index is 2720. The number of ether oxygens (including phenoxy) is 1. The Morgan fingerprint density at radius 2 is 1.45 bits per heavy atom. The number of fused-ring (bicyclic) bond motifs is 9. The number of hydrogen-bond donors (Lipinski definition) is 0. The number of para-hydroxylation sites is 1. The topological polar surface area (TPSA) is 57.2 Å². The number of aromatic nitrogens is 5. The van der Waals surface area contributed by atoms with Gasteiger partial charge in [0, 0.05) is 41.2 Å². The summed E-state index contributed by atoms with van der Waals surface area (Å²) in [7, 11) is 0. The van der Waals surface area contributed by atoms with Gasteiger partial charge in [-0.25, -0.2) is 9.97 Å². The van der Waals surface area contributed by atoms with Crippen LogP contribution in [0.15, 0.2) is 116 Å². The predicted molar refractivity (Wildman–Crippen MR) is 193 cm³/mol.